The Kier molecular flexibility index (Phi) is 5.67. The Bertz CT molecular complexity index is 2120. The zero-order valence-corrected chi connectivity index (χ0v) is 25.0. The molecule has 0 bridgehead atoms. The summed E-state index contributed by atoms with van der Waals surface area (Å²) in [6, 6.07) is 47.7. The molecule has 1 aliphatic carbocycles. The normalized spacial score (nSPS) is 13.3. The van der Waals surface area contributed by atoms with Gasteiger partial charge in [-0.2, -0.15) is 0 Å². The lowest BCUT2D eigenvalue weighted by Gasteiger charge is -2.29. The van der Waals surface area contributed by atoms with Gasteiger partial charge in [0.15, 0.2) is 5.58 Å². The van der Waals surface area contributed by atoms with Crippen LogP contribution >= 0.6 is 15.9 Å². The summed E-state index contributed by atoms with van der Waals surface area (Å²) in [4.78, 5) is 2.38. The molecule has 0 saturated heterocycles. The Balaban J connectivity index is 1.41. The summed E-state index contributed by atoms with van der Waals surface area (Å²) in [6.07, 6.45) is 0. The van der Waals surface area contributed by atoms with E-state index in [2.05, 4.69) is 156 Å². The number of para-hydroxylation sites is 1. The molecule has 42 heavy (non-hydrogen) atoms. The highest BCUT2D eigenvalue weighted by atomic mass is 79.9. The fourth-order valence-corrected chi connectivity index (χ4v) is 7.06. The van der Waals surface area contributed by atoms with E-state index in [0.29, 0.717) is 0 Å². The number of hydrogen-bond donors (Lipinski definition) is 0. The van der Waals surface area contributed by atoms with Gasteiger partial charge in [0.2, 0.25) is 0 Å². The molecule has 7 aromatic rings. The highest BCUT2D eigenvalue weighted by Gasteiger charge is 2.38. The molecule has 3 heteroatoms. The van der Waals surface area contributed by atoms with Crippen LogP contribution in [0, 0.1) is 0 Å². The van der Waals surface area contributed by atoms with E-state index >= 15 is 0 Å². The molecule has 2 nitrogen and oxygen atoms in total. The molecule has 0 N–H and O–H groups in total. The Hall–Kier alpha value is -4.60. The van der Waals surface area contributed by atoms with E-state index in [-0.39, 0.29) is 5.41 Å². The van der Waals surface area contributed by atoms with E-state index in [4.69, 9.17) is 4.42 Å². The SMILES string of the molecule is CC1(C)c2ccccc2-c2c(N(c3ccc(-c4ccccc4)cc3)c3cccc4c3oc3ccc(Br)cc34)cccc21. The van der Waals surface area contributed by atoms with E-state index in [9.17, 15) is 0 Å². The first-order chi connectivity index (χ1) is 20.5. The number of fused-ring (bicyclic) bond motifs is 6. The average Bonchev–Trinajstić information content (AvgIpc) is 3.51. The van der Waals surface area contributed by atoms with Gasteiger partial charge in [-0.25, -0.2) is 0 Å². The molecule has 0 unspecified atom stereocenters. The summed E-state index contributed by atoms with van der Waals surface area (Å²) < 4.78 is 7.66. The first-order valence-corrected chi connectivity index (χ1v) is 15.1. The van der Waals surface area contributed by atoms with Crippen LogP contribution in [0.5, 0.6) is 0 Å². The molecule has 0 amide bonds. The average molecular weight is 607 g/mol. The molecule has 6 aromatic carbocycles. The lowest BCUT2D eigenvalue weighted by Crippen LogP contribution is -2.16. The third kappa shape index (κ3) is 3.77. The smallest absolute Gasteiger partial charge is 0.159 e. The van der Waals surface area contributed by atoms with Gasteiger partial charge in [0.05, 0.1) is 11.4 Å². The highest BCUT2D eigenvalue weighted by Crippen LogP contribution is 2.54. The number of rotatable bonds is 4. The summed E-state index contributed by atoms with van der Waals surface area (Å²) in [5.74, 6) is 0. The molecule has 0 atom stereocenters. The van der Waals surface area contributed by atoms with Gasteiger partial charge < -0.3 is 9.32 Å². The van der Waals surface area contributed by atoms with Crippen molar-refractivity contribution in [3.05, 3.63) is 149 Å². The molecule has 1 heterocycles. The summed E-state index contributed by atoms with van der Waals surface area (Å²) in [5.41, 5.74) is 12.6. The van der Waals surface area contributed by atoms with Crippen molar-refractivity contribution in [2.45, 2.75) is 19.3 Å². The van der Waals surface area contributed by atoms with Crippen LogP contribution in [-0.4, -0.2) is 0 Å². The van der Waals surface area contributed by atoms with Crippen molar-refractivity contribution < 1.29 is 4.42 Å². The molecule has 202 valence electrons. The van der Waals surface area contributed by atoms with Gasteiger partial charge in [0.1, 0.15) is 5.58 Å². The number of nitrogens with zero attached hydrogens (tertiary/aromatic N) is 1. The number of anilines is 3. The van der Waals surface area contributed by atoms with E-state index in [1.807, 2.05) is 12.1 Å². The quantitative estimate of drug-likeness (QED) is 0.198. The van der Waals surface area contributed by atoms with Crippen molar-refractivity contribution in [1.29, 1.82) is 0 Å². The standard InChI is InChI=1S/C39H28BrNO/c1-39(2)32-14-7-6-12-30(32)37-33(39)15-9-16-34(37)41(28-21-18-26(19-22-28)25-10-4-3-5-11-25)35-17-8-13-29-31-24-27(40)20-23-36(31)42-38(29)35/h3-24H,1-2H3. The van der Waals surface area contributed by atoms with Crippen LogP contribution in [0.1, 0.15) is 25.0 Å². The molecule has 0 fully saturated rings. The van der Waals surface area contributed by atoms with Crippen molar-refractivity contribution in [2.75, 3.05) is 4.90 Å². The first-order valence-electron chi connectivity index (χ1n) is 14.3. The van der Waals surface area contributed by atoms with E-state index < -0.39 is 0 Å². The zero-order chi connectivity index (χ0) is 28.4. The molecule has 1 aliphatic rings. The summed E-state index contributed by atoms with van der Waals surface area (Å²) in [6.45, 7) is 4.66. The van der Waals surface area contributed by atoms with Crippen LogP contribution in [-0.2, 0) is 5.41 Å². The topological polar surface area (TPSA) is 16.4 Å². The molecular formula is C39H28BrNO. The van der Waals surface area contributed by atoms with Crippen LogP contribution in [0.3, 0.4) is 0 Å². The Labute approximate surface area is 254 Å². The third-order valence-electron chi connectivity index (χ3n) is 8.74. The van der Waals surface area contributed by atoms with E-state index in [0.717, 1.165) is 43.5 Å². The van der Waals surface area contributed by atoms with Gasteiger partial charge in [-0.1, -0.05) is 121 Å². The Morgan fingerprint density at radius 2 is 1.29 bits per heavy atom. The minimum atomic E-state index is -0.0948. The van der Waals surface area contributed by atoms with Crippen LogP contribution in [0.4, 0.5) is 17.1 Å². The molecule has 0 saturated carbocycles. The molecule has 0 radical (unpaired) electrons. The van der Waals surface area contributed by atoms with Gasteiger partial charge >= 0.3 is 0 Å². The Morgan fingerprint density at radius 1 is 0.595 bits per heavy atom. The maximum Gasteiger partial charge on any atom is 0.159 e. The monoisotopic (exact) mass is 605 g/mol. The maximum absolute atomic E-state index is 6.62. The van der Waals surface area contributed by atoms with Gasteiger partial charge in [0, 0.05) is 31.9 Å². The molecule has 0 aliphatic heterocycles. The molecule has 0 spiro atoms. The minimum Gasteiger partial charge on any atom is -0.454 e. The summed E-state index contributed by atoms with van der Waals surface area (Å²) in [5, 5.41) is 2.20. The second kappa shape index (κ2) is 9.47. The van der Waals surface area contributed by atoms with Crippen molar-refractivity contribution >= 4 is 54.9 Å². The van der Waals surface area contributed by atoms with Crippen molar-refractivity contribution in [1.82, 2.24) is 0 Å². The van der Waals surface area contributed by atoms with Crippen LogP contribution in [0.2, 0.25) is 0 Å². The third-order valence-corrected chi connectivity index (χ3v) is 9.23. The first kappa shape index (κ1) is 25.1. The van der Waals surface area contributed by atoms with Crippen molar-refractivity contribution in [3.63, 3.8) is 0 Å². The van der Waals surface area contributed by atoms with Crippen molar-refractivity contribution in [2.24, 2.45) is 0 Å². The van der Waals surface area contributed by atoms with E-state index in [1.54, 1.807) is 0 Å². The van der Waals surface area contributed by atoms with Gasteiger partial charge in [-0.05, 0) is 70.3 Å². The van der Waals surface area contributed by atoms with Crippen LogP contribution in [0.15, 0.2) is 142 Å². The fourth-order valence-electron chi connectivity index (χ4n) is 6.69. The number of halogens is 1. The Morgan fingerprint density at radius 3 is 2.12 bits per heavy atom. The highest BCUT2D eigenvalue weighted by molar-refractivity contribution is 9.10. The zero-order valence-electron chi connectivity index (χ0n) is 23.4. The summed E-state index contributed by atoms with van der Waals surface area (Å²) in [7, 11) is 0. The number of hydrogen-bond acceptors (Lipinski definition) is 2. The number of benzene rings is 6. The predicted octanol–water partition coefficient (Wildman–Crippen LogP) is 11.8. The maximum atomic E-state index is 6.62. The van der Waals surface area contributed by atoms with Gasteiger partial charge in [0.25, 0.3) is 0 Å². The van der Waals surface area contributed by atoms with Gasteiger partial charge in [-0.3, -0.25) is 0 Å². The van der Waals surface area contributed by atoms with E-state index in [1.165, 1.54) is 33.4 Å². The van der Waals surface area contributed by atoms with Gasteiger partial charge in [-0.15, -0.1) is 0 Å². The predicted molar refractivity (Wildman–Crippen MR) is 179 cm³/mol. The molecule has 1 aromatic heterocycles. The molecular weight excluding hydrogens is 578 g/mol. The van der Waals surface area contributed by atoms with Crippen LogP contribution in [0.25, 0.3) is 44.2 Å². The lowest BCUT2D eigenvalue weighted by molar-refractivity contribution is 0.660. The second-order valence-electron chi connectivity index (χ2n) is 11.5. The van der Waals surface area contributed by atoms with Crippen molar-refractivity contribution in [3.8, 4) is 22.3 Å². The summed E-state index contributed by atoms with van der Waals surface area (Å²) >= 11 is 3.66. The largest absolute Gasteiger partial charge is 0.454 e. The molecule has 8 rings (SSSR count). The minimum absolute atomic E-state index is 0.0948. The fraction of sp³-hybridized carbons (Fsp3) is 0.0769. The second-order valence-corrected chi connectivity index (χ2v) is 12.4. The number of furan rings is 1. The lowest BCUT2D eigenvalue weighted by atomic mass is 9.82. The van der Waals surface area contributed by atoms with Crippen LogP contribution < -0.4 is 4.90 Å².